The minimum atomic E-state index is 0.463. The second-order valence-electron chi connectivity index (χ2n) is 5.26. The predicted molar refractivity (Wildman–Crippen MR) is 79.0 cm³/mol. The number of benzene rings is 1. The van der Waals surface area contributed by atoms with Gasteiger partial charge >= 0.3 is 0 Å². The number of hydrogen-bond acceptors (Lipinski definition) is 2. The van der Waals surface area contributed by atoms with Gasteiger partial charge < -0.3 is 5.73 Å². The second-order valence-corrected chi connectivity index (χ2v) is 6.86. The fraction of sp³-hybridized carbons (Fsp3) is 0.538. The van der Waals surface area contributed by atoms with Gasteiger partial charge in [-0.05, 0) is 64.6 Å². The first-order valence-corrected chi connectivity index (χ1v) is 7.51. The highest BCUT2D eigenvalue weighted by Gasteiger charge is 2.44. The van der Waals surface area contributed by atoms with E-state index in [1.807, 2.05) is 6.07 Å². The zero-order valence-corrected chi connectivity index (χ0v) is 12.5. The van der Waals surface area contributed by atoms with Crippen molar-refractivity contribution in [3.63, 3.8) is 0 Å². The van der Waals surface area contributed by atoms with Crippen LogP contribution in [0.2, 0.25) is 5.02 Å². The van der Waals surface area contributed by atoms with Gasteiger partial charge in [-0.3, -0.25) is 4.90 Å². The Morgan fingerprint density at radius 1 is 1.35 bits per heavy atom. The second kappa shape index (κ2) is 4.68. The highest BCUT2D eigenvalue weighted by atomic mass is 127. The summed E-state index contributed by atoms with van der Waals surface area (Å²) in [5.41, 5.74) is 7.43. The molecule has 0 radical (unpaired) electrons. The largest absolute Gasteiger partial charge is 0.327 e. The molecular weight excluding hydrogens is 347 g/mol. The van der Waals surface area contributed by atoms with Crippen molar-refractivity contribution in [2.75, 3.05) is 13.1 Å². The van der Waals surface area contributed by atoms with Crippen molar-refractivity contribution >= 4 is 34.2 Å². The molecule has 2 unspecified atom stereocenters. The lowest BCUT2D eigenvalue weighted by molar-refractivity contribution is -0.00150. The molecule has 2 N–H and O–H groups in total. The third-order valence-electron chi connectivity index (χ3n) is 4.08. The molecule has 4 heteroatoms. The molecule has 1 saturated carbocycles. The molecule has 2 heterocycles. The Balaban J connectivity index is 1.69. The van der Waals surface area contributed by atoms with E-state index < -0.39 is 0 Å². The van der Waals surface area contributed by atoms with Gasteiger partial charge in [-0.25, -0.2) is 0 Å². The van der Waals surface area contributed by atoms with Gasteiger partial charge in [-0.15, -0.1) is 0 Å². The van der Waals surface area contributed by atoms with Crippen molar-refractivity contribution in [3.05, 3.63) is 32.4 Å². The first kappa shape index (κ1) is 12.2. The van der Waals surface area contributed by atoms with Crippen molar-refractivity contribution in [1.29, 1.82) is 0 Å². The van der Waals surface area contributed by atoms with Gasteiger partial charge in [0.05, 0.1) is 0 Å². The number of fused-ring (bicyclic) bond motifs is 2. The third kappa shape index (κ3) is 2.35. The number of rotatable bonds is 2. The van der Waals surface area contributed by atoms with Crippen LogP contribution < -0.4 is 5.73 Å². The molecule has 4 rings (SSSR count). The molecule has 3 aliphatic rings. The zero-order chi connectivity index (χ0) is 12.0. The summed E-state index contributed by atoms with van der Waals surface area (Å²) in [6.45, 7) is 3.32. The van der Waals surface area contributed by atoms with Gasteiger partial charge in [0.2, 0.25) is 0 Å². The maximum absolute atomic E-state index is 6.09. The van der Waals surface area contributed by atoms with E-state index in [4.69, 9.17) is 17.3 Å². The Morgan fingerprint density at radius 2 is 2.06 bits per heavy atom. The van der Waals surface area contributed by atoms with Crippen LogP contribution in [-0.2, 0) is 6.54 Å². The van der Waals surface area contributed by atoms with Crippen LogP contribution >= 0.6 is 34.2 Å². The number of nitrogens with zero attached hydrogens (tertiary/aromatic N) is 1. The molecule has 92 valence electrons. The summed E-state index contributed by atoms with van der Waals surface area (Å²) < 4.78 is 1.30. The molecule has 1 aromatic rings. The molecular formula is C13H16ClIN2. The van der Waals surface area contributed by atoms with E-state index in [1.54, 1.807) is 0 Å². The van der Waals surface area contributed by atoms with Gasteiger partial charge in [0.15, 0.2) is 0 Å². The molecule has 2 atom stereocenters. The fourth-order valence-corrected chi connectivity index (χ4v) is 3.76. The summed E-state index contributed by atoms with van der Waals surface area (Å²) in [4.78, 5) is 2.52. The molecule has 17 heavy (non-hydrogen) atoms. The van der Waals surface area contributed by atoms with Crippen molar-refractivity contribution in [2.45, 2.75) is 19.0 Å². The predicted octanol–water partition coefficient (Wildman–Crippen LogP) is 2.72. The highest BCUT2D eigenvalue weighted by molar-refractivity contribution is 14.1. The van der Waals surface area contributed by atoms with Crippen LogP contribution in [-0.4, -0.2) is 24.0 Å². The lowest BCUT2D eigenvalue weighted by atomic mass is 9.67. The maximum atomic E-state index is 6.09. The van der Waals surface area contributed by atoms with Gasteiger partial charge in [0, 0.05) is 34.3 Å². The summed E-state index contributed by atoms with van der Waals surface area (Å²) in [5.74, 6) is 1.45. The van der Waals surface area contributed by atoms with Crippen LogP contribution in [0.25, 0.3) is 0 Å². The topological polar surface area (TPSA) is 29.3 Å². The quantitative estimate of drug-likeness (QED) is 0.820. The molecule has 0 aromatic heterocycles. The zero-order valence-electron chi connectivity index (χ0n) is 9.57. The summed E-state index contributed by atoms with van der Waals surface area (Å²) in [6.07, 6.45) is 1.34. The first-order chi connectivity index (χ1) is 8.13. The van der Waals surface area contributed by atoms with Gasteiger partial charge in [0.1, 0.15) is 0 Å². The lowest BCUT2D eigenvalue weighted by Crippen LogP contribution is -2.61. The average Bonchev–Trinajstić information content (AvgIpc) is 2.33. The fourth-order valence-electron chi connectivity index (χ4n) is 3.06. The normalized spacial score (nSPS) is 32.3. The number of piperidine rings is 2. The summed E-state index contributed by atoms with van der Waals surface area (Å²) in [7, 11) is 0. The molecule has 2 nitrogen and oxygen atoms in total. The van der Waals surface area contributed by atoms with E-state index in [0.717, 1.165) is 36.5 Å². The lowest BCUT2D eigenvalue weighted by Gasteiger charge is -2.52. The Kier molecular flexibility index (Phi) is 3.36. The van der Waals surface area contributed by atoms with E-state index in [1.165, 1.54) is 15.6 Å². The van der Waals surface area contributed by atoms with Crippen molar-refractivity contribution in [2.24, 2.45) is 17.6 Å². The number of halogens is 2. The Hall–Kier alpha value is 0.160. The third-order valence-corrected chi connectivity index (χ3v) is 5.37. The van der Waals surface area contributed by atoms with Crippen LogP contribution in [0.3, 0.4) is 0 Å². The standard InChI is InChI=1S/C13H16ClIN2/c14-11-1-2-12(15)8(4-11)5-17-6-9-3-10(7-17)13(9)16/h1-2,4,9-10,13H,3,5-7,16H2. The maximum Gasteiger partial charge on any atom is 0.0409 e. The SMILES string of the molecule is NC1C2CC1CN(Cc1cc(Cl)ccc1I)C2. The van der Waals surface area contributed by atoms with Crippen LogP contribution in [0.1, 0.15) is 12.0 Å². The van der Waals surface area contributed by atoms with E-state index in [0.29, 0.717) is 6.04 Å². The summed E-state index contributed by atoms with van der Waals surface area (Å²) >= 11 is 8.44. The van der Waals surface area contributed by atoms with Crippen molar-refractivity contribution < 1.29 is 0 Å². The molecule has 2 saturated heterocycles. The Labute approximate surface area is 121 Å². The average molecular weight is 363 g/mol. The van der Waals surface area contributed by atoms with Crippen LogP contribution in [0.4, 0.5) is 0 Å². The van der Waals surface area contributed by atoms with Crippen molar-refractivity contribution in [1.82, 2.24) is 4.90 Å². The van der Waals surface area contributed by atoms with Crippen LogP contribution in [0.5, 0.6) is 0 Å². The number of nitrogens with two attached hydrogens (primary N) is 1. The van der Waals surface area contributed by atoms with Crippen molar-refractivity contribution in [3.8, 4) is 0 Å². The van der Waals surface area contributed by atoms with E-state index >= 15 is 0 Å². The molecule has 1 aliphatic carbocycles. The summed E-state index contributed by atoms with van der Waals surface area (Å²) in [6, 6.07) is 6.60. The first-order valence-electron chi connectivity index (χ1n) is 6.05. The van der Waals surface area contributed by atoms with Crippen LogP contribution in [0.15, 0.2) is 18.2 Å². The van der Waals surface area contributed by atoms with E-state index in [2.05, 4.69) is 39.6 Å². The summed E-state index contributed by atoms with van der Waals surface area (Å²) in [5, 5.41) is 0.833. The molecule has 2 bridgehead atoms. The van der Waals surface area contributed by atoms with Gasteiger partial charge in [-0.2, -0.15) is 0 Å². The van der Waals surface area contributed by atoms with E-state index in [-0.39, 0.29) is 0 Å². The molecule has 3 fully saturated rings. The van der Waals surface area contributed by atoms with Crippen LogP contribution in [0, 0.1) is 15.4 Å². The van der Waals surface area contributed by atoms with E-state index in [9.17, 15) is 0 Å². The number of hydrogen-bond donors (Lipinski definition) is 1. The van der Waals surface area contributed by atoms with Gasteiger partial charge in [0.25, 0.3) is 0 Å². The molecule has 0 amide bonds. The Bertz CT molecular complexity index is 425. The monoisotopic (exact) mass is 362 g/mol. The molecule has 1 aromatic carbocycles. The van der Waals surface area contributed by atoms with Gasteiger partial charge in [-0.1, -0.05) is 11.6 Å². The smallest absolute Gasteiger partial charge is 0.0409 e. The molecule has 2 aliphatic heterocycles. The minimum absolute atomic E-state index is 0.463. The highest BCUT2D eigenvalue weighted by Crippen LogP contribution is 2.39. The Morgan fingerprint density at radius 3 is 2.71 bits per heavy atom. The molecule has 0 spiro atoms. The minimum Gasteiger partial charge on any atom is -0.327 e.